The zero-order valence-electron chi connectivity index (χ0n) is 11.1. The molecule has 0 saturated heterocycles. The van der Waals surface area contributed by atoms with E-state index >= 15 is 0 Å². The van der Waals surface area contributed by atoms with Crippen LogP contribution < -0.4 is 5.73 Å². The molecule has 1 unspecified atom stereocenters. The van der Waals surface area contributed by atoms with Gasteiger partial charge in [-0.05, 0) is 23.9 Å². The minimum atomic E-state index is 0.188. The van der Waals surface area contributed by atoms with E-state index in [0.717, 1.165) is 13.1 Å². The van der Waals surface area contributed by atoms with Crippen LogP contribution in [0.25, 0.3) is 0 Å². The van der Waals surface area contributed by atoms with Gasteiger partial charge < -0.3 is 10.5 Å². The Morgan fingerprint density at radius 3 is 2.83 bits per heavy atom. The second kappa shape index (κ2) is 8.22. The molecule has 4 nitrogen and oxygen atoms in total. The maximum absolute atomic E-state index is 8.74. The number of nitrogens with zero attached hydrogens (tertiary/aromatic N) is 2. The van der Waals surface area contributed by atoms with Gasteiger partial charge in [-0.3, -0.25) is 4.90 Å². The summed E-state index contributed by atoms with van der Waals surface area (Å²) in [6.07, 6.45) is 0.518. The van der Waals surface area contributed by atoms with E-state index in [4.69, 9.17) is 15.7 Å². The molecule has 1 aromatic rings. The Bertz CT molecular complexity index is 386. The van der Waals surface area contributed by atoms with Crippen LogP contribution in [0.15, 0.2) is 11.4 Å². The van der Waals surface area contributed by atoms with Crippen LogP contribution in [0.1, 0.15) is 22.9 Å². The Kier molecular flexibility index (Phi) is 6.91. The molecule has 1 rings (SSSR count). The molecule has 0 fully saturated rings. The van der Waals surface area contributed by atoms with Gasteiger partial charge in [0.25, 0.3) is 0 Å². The second-order valence-electron chi connectivity index (χ2n) is 4.16. The summed E-state index contributed by atoms with van der Waals surface area (Å²) in [4.78, 5) is 3.54. The highest BCUT2D eigenvalue weighted by Crippen LogP contribution is 2.28. The fraction of sp³-hybridized carbons (Fsp3) is 0.615. The number of ether oxygens (including phenoxy) is 1. The minimum Gasteiger partial charge on any atom is -0.383 e. The van der Waals surface area contributed by atoms with Crippen molar-refractivity contribution >= 4 is 11.3 Å². The number of thiophene rings is 1. The highest BCUT2D eigenvalue weighted by Gasteiger charge is 2.21. The lowest BCUT2D eigenvalue weighted by molar-refractivity contribution is 0.124. The average molecular weight is 267 g/mol. The predicted molar refractivity (Wildman–Crippen MR) is 74.5 cm³/mol. The molecule has 0 spiro atoms. The summed E-state index contributed by atoms with van der Waals surface area (Å²) in [6.45, 7) is 4.87. The van der Waals surface area contributed by atoms with Crippen molar-refractivity contribution in [2.75, 3.05) is 33.4 Å². The first kappa shape index (κ1) is 15.1. The predicted octanol–water partition coefficient (Wildman–Crippen LogP) is 1.92. The Hall–Kier alpha value is -0.930. The topological polar surface area (TPSA) is 62.3 Å². The Morgan fingerprint density at radius 2 is 2.33 bits per heavy atom. The van der Waals surface area contributed by atoms with Crippen LogP contribution in [-0.2, 0) is 4.74 Å². The van der Waals surface area contributed by atoms with Gasteiger partial charge in [-0.1, -0.05) is 0 Å². The molecule has 1 heterocycles. The first-order chi connectivity index (χ1) is 8.74. The highest BCUT2D eigenvalue weighted by atomic mass is 32.1. The van der Waals surface area contributed by atoms with Crippen LogP contribution in [0.2, 0.25) is 0 Å². The van der Waals surface area contributed by atoms with Gasteiger partial charge in [-0.25, -0.2) is 0 Å². The number of nitrogens with two attached hydrogens (primary N) is 1. The molecule has 0 aliphatic rings. The third-order valence-corrected chi connectivity index (χ3v) is 4.08. The minimum absolute atomic E-state index is 0.188. The van der Waals surface area contributed by atoms with Gasteiger partial charge in [0, 0.05) is 38.0 Å². The van der Waals surface area contributed by atoms with Gasteiger partial charge in [0.2, 0.25) is 0 Å². The largest absolute Gasteiger partial charge is 0.383 e. The summed E-state index contributed by atoms with van der Waals surface area (Å²) in [5, 5.41) is 10.8. The first-order valence-electron chi connectivity index (χ1n) is 6.08. The lowest BCUT2D eigenvalue weighted by Crippen LogP contribution is -2.36. The number of rotatable bonds is 8. The highest BCUT2D eigenvalue weighted by molar-refractivity contribution is 7.10. The van der Waals surface area contributed by atoms with E-state index in [-0.39, 0.29) is 6.04 Å². The standard InChI is InChI=1S/C13H21N3OS/c1-11-4-9-18-13(11)12(10-15)16(6-3-5-14)7-8-17-2/h4,9,12H,3,6-8,10,15H2,1-2H3. The zero-order chi connectivity index (χ0) is 13.4. The molecular weight excluding hydrogens is 246 g/mol. The summed E-state index contributed by atoms with van der Waals surface area (Å²) in [5.41, 5.74) is 7.19. The average Bonchev–Trinajstić information content (AvgIpc) is 2.79. The van der Waals surface area contributed by atoms with E-state index in [1.54, 1.807) is 18.4 Å². The smallest absolute Gasteiger partial charge is 0.0635 e. The number of hydrogen-bond donors (Lipinski definition) is 1. The molecule has 0 aromatic carbocycles. The van der Waals surface area contributed by atoms with Crippen molar-refractivity contribution in [1.29, 1.82) is 5.26 Å². The van der Waals surface area contributed by atoms with E-state index in [2.05, 4.69) is 29.3 Å². The van der Waals surface area contributed by atoms with Crippen LogP contribution in [0.4, 0.5) is 0 Å². The monoisotopic (exact) mass is 267 g/mol. The molecule has 100 valence electrons. The van der Waals surface area contributed by atoms with Crippen molar-refractivity contribution in [3.63, 3.8) is 0 Å². The second-order valence-corrected chi connectivity index (χ2v) is 5.10. The van der Waals surface area contributed by atoms with Crippen molar-refractivity contribution in [3.05, 3.63) is 21.9 Å². The Morgan fingerprint density at radius 1 is 1.56 bits per heavy atom. The van der Waals surface area contributed by atoms with Crippen LogP contribution in [0, 0.1) is 18.3 Å². The van der Waals surface area contributed by atoms with Crippen LogP contribution in [0.5, 0.6) is 0 Å². The number of aryl methyl sites for hydroxylation is 1. The number of nitriles is 1. The molecule has 5 heteroatoms. The van der Waals surface area contributed by atoms with Crippen LogP contribution in [-0.4, -0.2) is 38.3 Å². The van der Waals surface area contributed by atoms with E-state index in [1.165, 1.54) is 10.4 Å². The van der Waals surface area contributed by atoms with E-state index < -0.39 is 0 Å². The van der Waals surface area contributed by atoms with E-state index in [0.29, 0.717) is 19.6 Å². The van der Waals surface area contributed by atoms with Gasteiger partial charge in [0.1, 0.15) is 0 Å². The van der Waals surface area contributed by atoms with Gasteiger partial charge in [0.15, 0.2) is 0 Å². The van der Waals surface area contributed by atoms with Crippen molar-refractivity contribution in [1.82, 2.24) is 4.90 Å². The fourth-order valence-electron chi connectivity index (χ4n) is 1.97. The SMILES string of the molecule is COCCN(CCC#N)C(CN)c1sccc1C. The molecule has 0 bridgehead atoms. The Labute approximate surface area is 113 Å². The number of methoxy groups -OCH3 is 1. The number of hydrogen-bond acceptors (Lipinski definition) is 5. The summed E-state index contributed by atoms with van der Waals surface area (Å²) in [6, 6.07) is 4.49. The quantitative estimate of drug-likeness (QED) is 0.781. The molecule has 0 saturated carbocycles. The lowest BCUT2D eigenvalue weighted by atomic mass is 10.1. The maximum atomic E-state index is 8.74. The fourth-order valence-corrected chi connectivity index (χ4v) is 3.05. The molecule has 0 aliphatic heterocycles. The van der Waals surface area contributed by atoms with Gasteiger partial charge in [-0.15, -0.1) is 11.3 Å². The van der Waals surface area contributed by atoms with Crippen molar-refractivity contribution in [3.8, 4) is 6.07 Å². The summed E-state index contributed by atoms with van der Waals surface area (Å²) < 4.78 is 5.13. The van der Waals surface area contributed by atoms with Crippen LogP contribution >= 0.6 is 11.3 Å². The molecule has 18 heavy (non-hydrogen) atoms. The molecular formula is C13H21N3OS. The first-order valence-corrected chi connectivity index (χ1v) is 6.96. The Balaban J connectivity index is 2.79. The maximum Gasteiger partial charge on any atom is 0.0635 e. The van der Waals surface area contributed by atoms with E-state index in [9.17, 15) is 0 Å². The van der Waals surface area contributed by atoms with Crippen molar-refractivity contribution in [2.45, 2.75) is 19.4 Å². The molecule has 0 radical (unpaired) electrons. The third kappa shape index (κ3) is 4.07. The summed E-state index contributed by atoms with van der Waals surface area (Å²) in [5.74, 6) is 0. The van der Waals surface area contributed by atoms with Crippen molar-refractivity contribution < 1.29 is 4.74 Å². The van der Waals surface area contributed by atoms with Gasteiger partial charge in [-0.2, -0.15) is 5.26 Å². The molecule has 1 aromatic heterocycles. The molecule has 0 aliphatic carbocycles. The normalized spacial score (nSPS) is 12.6. The summed E-state index contributed by atoms with van der Waals surface area (Å²) in [7, 11) is 1.69. The lowest BCUT2D eigenvalue weighted by Gasteiger charge is -2.30. The zero-order valence-corrected chi connectivity index (χ0v) is 11.9. The van der Waals surface area contributed by atoms with Gasteiger partial charge >= 0.3 is 0 Å². The summed E-state index contributed by atoms with van der Waals surface area (Å²) >= 11 is 1.73. The van der Waals surface area contributed by atoms with Gasteiger partial charge in [0.05, 0.1) is 18.7 Å². The molecule has 2 N–H and O–H groups in total. The molecule has 0 amide bonds. The van der Waals surface area contributed by atoms with E-state index in [1.807, 2.05) is 0 Å². The van der Waals surface area contributed by atoms with Crippen LogP contribution in [0.3, 0.4) is 0 Å². The molecule has 1 atom stereocenters. The van der Waals surface area contributed by atoms with Crippen molar-refractivity contribution in [2.24, 2.45) is 5.73 Å². The third-order valence-electron chi connectivity index (χ3n) is 2.96.